The van der Waals surface area contributed by atoms with Gasteiger partial charge in [0.2, 0.25) is 0 Å². The molecule has 0 aromatic heterocycles. The Kier molecular flexibility index (Phi) is 6.06. The minimum absolute atomic E-state index is 0.0268. The zero-order chi connectivity index (χ0) is 19.3. The van der Waals surface area contributed by atoms with Crippen LogP contribution in [0.1, 0.15) is 46.0 Å². The number of hydrogen-bond donors (Lipinski definition) is 2. The molecule has 3 N–H and O–H groups in total. The summed E-state index contributed by atoms with van der Waals surface area (Å²) in [5, 5.41) is 12.7. The number of nitrogens with two attached hydrogens (primary N) is 1. The van der Waals surface area contributed by atoms with E-state index in [4.69, 9.17) is 15.7 Å². The van der Waals surface area contributed by atoms with E-state index in [1.807, 2.05) is 13.8 Å². The molecule has 0 bridgehead atoms. The molecule has 0 aliphatic carbocycles. The molecule has 0 amide bonds. The maximum Gasteiger partial charge on any atom is 0.365 e. The number of nitrogens with zero attached hydrogens (tertiary/aromatic N) is 1. The van der Waals surface area contributed by atoms with Crippen LogP contribution in [-0.2, 0) is 4.84 Å². The first kappa shape index (κ1) is 19.1. The minimum atomic E-state index is -1.02. The SMILES string of the molecule is CC(C)C(/C(N)=N/OC(=O)c1ccc(F)cc1)c1ccc(C(=O)O)cc1. The molecule has 0 saturated carbocycles. The van der Waals surface area contributed by atoms with Crippen LogP contribution >= 0.6 is 0 Å². The number of amidine groups is 1. The Morgan fingerprint density at radius 3 is 2.08 bits per heavy atom. The second kappa shape index (κ2) is 8.24. The molecule has 0 radical (unpaired) electrons. The Morgan fingerprint density at radius 2 is 1.58 bits per heavy atom. The first-order valence-corrected chi connectivity index (χ1v) is 7.93. The zero-order valence-electron chi connectivity index (χ0n) is 14.3. The van der Waals surface area contributed by atoms with Crippen molar-refractivity contribution >= 4 is 17.8 Å². The Balaban J connectivity index is 2.17. The summed E-state index contributed by atoms with van der Waals surface area (Å²) < 4.78 is 12.9. The van der Waals surface area contributed by atoms with Crippen molar-refractivity contribution in [2.24, 2.45) is 16.8 Å². The molecule has 0 heterocycles. The molecule has 2 rings (SSSR count). The summed E-state index contributed by atoms with van der Waals surface area (Å²) in [7, 11) is 0. The topological polar surface area (TPSA) is 102 Å². The molecule has 2 aromatic rings. The molecule has 0 aliphatic heterocycles. The number of aromatic carboxylic acids is 1. The van der Waals surface area contributed by atoms with Crippen LogP contribution in [0, 0.1) is 11.7 Å². The lowest BCUT2D eigenvalue weighted by molar-refractivity contribution is 0.0513. The van der Waals surface area contributed by atoms with E-state index in [1.54, 1.807) is 12.1 Å². The van der Waals surface area contributed by atoms with Crippen molar-refractivity contribution in [2.45, 2.75) is 19.8 Å². The van der Waals surface area contributed by atoms with Gasteiger partial charge in [0.15, 0.2) is 0 Å². The number of oxime groups is 1. The van der Waals surface area contributed by atoms with Gasteiger partial charge in [0, 0.05) is 5.92 Å². The molecule has 136 valence electrons. The molecule has 0 spiro atoms. The molecule has 26 heavy (non-hydrogen) atoms. The maximum atomic E-state index is 12.9. The predicted octanol–water partition coefficient (Wildman–Crippen LogP) is 3.39. The number of carbonyl (C=O) groups is 2. The van der Waals surface area contributed by atoms with E-state index in [1.165, 1.54) is 24.3 Å². The van der Waals surface area contributed by atoms with Gasteiger partial charge in [-0.25, -0.2) is 14.0 Å². The highest BCUT2D eigenvalue weighted by Gasteiger charge is 2.22. The highest BCUT2D eigenvalue weighted by molar-refractivity contribution is 5.92. The fourth-order valence-corrected chi connectivity index (χ4v) is 2.52. The van der Waals surface area contributed by atoms with Crippen LogP contribution < -0.4 is 5.73 Å². The third kappa shape index (κ3) is 4.66. The summed E-state index contributed by atoms with van der Waals surface area (Å²) in [5.74, 6) is -2.49. The molecule has 7 heteroatoms. The Labute approximate surface area is 150 Å². The monoisotopic (exact) mass is 358 g/mol. The average Bonchev–Trinajstić information content (AvgIpc) is 2.60. The fourth-order valence-electron chi connectivity index (χ4n) is 2.52. The number of carbonyl (C=O) groups excluding carboxylic acids is 1. The molecule has 1 unspecified atom stereocenters. The van der Waals surface area contributed by atoms with Crippen LogP contribution in [0.25, 0.3) is 0 Å². The van der Waals surface area contributed by atoms with Crippen LogP contribution in [0.5, 0.6) is 0 Å². The normalized spacial score (nSPS) is 12.7. The van der Waals surface area contributed by atoms with E-state index in [-0.39, 0.29) is 28.8 Å². The van der Waals surface area contributed by atoms with Gasteiger partial charge in [-0.2, -0.15) is 0 Å². The van der Waals surface area contributed by atoms with Gasteiger partial charge in [0.1, 0.15) is 11.7 Å². The van der Waals surface area contributed by atoms with E-state index in [9.17, 15) is 14.0 Å². The highest BCUT2D eigenvalue weighted by Crippen LogP contribution is 2.25. The minimum Gasteiger partial charge on any atom is -0.478 e. The predicted molar refractivity (Wildman–Crippen MR) is 94.4 cm³/mol. The number of hydrogen-bond acceptors (Lipinski definition) is 4. The molecule has 6 nitrogen and oxygen atoms in total. The number of rotatable bonds is 6. The van der Waals surface area contributed by atoms with Crippen molar-refractivity contribution in [3.63, 3.8) is 0 Å². The summed E-state index contributed by atoms with van der Waals surface area (Å²) in [6.07, 6.45) is 0. The Hall–Kier alpha value is -3.22. The van der Waals surface area contributed by atoms with E-state index in [0.717, 1.165) is 17.7 Å². The molecule has 1 atom stereocenters. The van der Waals surface area contributed by atoms with Gasteiger partial charge in [0.05, 0.1) is 11.1 Å². The van der Waals surface area contributed by atoms with Gasteiger partial charge >= 0.3 is 11.9 Å². The lowest BCUT2D eigenvalue weighted by Gasteiger charge is -2.20. The Bertz CT molecular complexity index is 814. The van der Waals surface area contributed by atoms with Gasteiger partial charge in [-0.3, -0.25) is 0 Å². The van der Waals surface area contributed by atoms with Crippen LogP contribution in [0.2, 0.25) is 0 Å². The van der Waals surface area contributed by atoms with Crippen molar-refractivity contribution in [1.82, 2.24) is 0 Å². The van der Waals surface area contributed by atoms with Crippen LogP contribution in [0.3, 0.4) is 0 Å². The highest BCUT2D eigenvalue weighted by atomic mass is 19.1. The molecule has 2 aromatic carbocycles. The second-order valence-electron chi connectivity index (χ2n) is 6.05. The van der Waals surface area contributed by atoms with Gasteiger partial charge < -0.3 is 15.7 Å². The smallest absolute Gasteiger partial charge is 0.365 e. The van der Waals surface area contributed by atoms with Crippen molar-refractivity contribution in [3.05, 3.63) is 71.0 Å². The largest absolute Gasteiger partial charge is 0.478 e. The average molecular weight is 358 g/mol. The number of benzene rings is 2. The first-order valence-electron chi connectivity index (χ1n) is 7.93. The summed E-state index contributed by atoms with van der Waals surface area (Å²) >= 11 is 0. The Morgan fingerprint density at radius 1 is 1.04 bits per heavy atom. The van der Waals surface area contributed by atoms with E-state index >= 15 is 0 Å². The molecular formula is C19H19FN2O4. The van der Waals surface area contributed by atoms with Gasteiger partial charge in [-0.1, -0.05) is 31.1 Å². The second-order valence-corrected chi connectivity index (χ2v) is 6.05. The number of carboxylic acid groups (broad SMARTS) is 1. The lowest BCUT2D eigenvalue weighted by atomic mass is 9.87. The summed E-state index contributed by atoms with van der Waals surface area (Å²) in [5.41, 5.74) is 7.06. The van der Waals surface area contributed by atoms with Crippen molar-refractivity contribution in [2.75, 3.05) is 0 Å². The van der Waals surface area contributed by atoms with Crippen molar-refractivity contribution in [1.29, 1.82) is 0 Å². The van der Waals surface area contributed by atoms with E-state index in [2.05, 4.69) is 5.16 Å². The van der Waals surface area contributed by atoms with Gasteiger partial charge in [0.25, 0.3) is 0 Å². The standard InChI is InChI=1S/C19H19FN2O4/c1-11(2)16(12-3-5-13(6-4-12)18(23)24)17(21)22-26-19(25)14-7-9-15(20)10-8-14/h3-11,16H,1-2H3,(H2,21,22)(H,23,24). The van der Waals surface area contributed by atoms with Crippen LogP contribution in [0.4, 0.5) is 4.39 Å². The third-order valence-corrected chi connectivity index (χ3v) is 3.82. The maximum absolute atomic E-state index is 12.9. The lowest BCUT2D eigenvalue weighted by Crippen LogP contribution is -2.27. The summed E-state index contributed by atoms with van der Waals surface area (Å²) in [6.45, 7) is 3.83. The van der Waals surface area contributed by atoms with E-state index < -0.39 is 17.8 Å². The van der Waals surface area contributed by atoms with Gasteiger partial charge in [-0.15, -0.1) is 0 Å². The number of halogens is 1. The van der Waals surface area contributed by atoms with Crippen LogP contribution in [0.15, 0.2) is 53.7 Å². The zero-order valence-corrected chi connectivity index (χ0v) is 14.3. The first-order chi connectivity index (χ1) is 12.3. The van der Waals surface area contributed by atoms with Crippen molar-refractivity contribution < 1.29 is 23.9 Å². The van der Waals surface area contributed by atoms with Crippen molar-refractivity contribution in [3.8, 4) is 0 Å². The quantitative estimate of drug-likeness (QED) is 0.357. The van der Waals surface area contributed by atoms with Crippen LogP contribution in [-0.4, -0.2) is 22.9 Å². The molecule has 0 aliphatic rings. The molecular weight excluding hydrogens is 339 g/mol. The third-order valence-electron chi connectivity index (χ3n) is 3.82. The number of carboxylic acids is 1. The fraction of sp³-hybridized carbons (Fsp3) is 0.211. The molecule has 0 saturated heterocycles. The van der Waals surface area contributed by atoms with E-state index in [0.29, 0.717) is 0 Å². The molecule has 0 fully saturated rings. The summed E-state index contributed by atoms with van der Waals surface area (Å²) in [4.78, 5) is 27.7. The van der Waals surface area contributed by atoms with Gasteiger partial charge in [-0.05, 0) is 47.9 Å². The summed E-state index contributed by atoms with van der Waals surface area (Å²) in [6, 6.07) is 11.1.